The van der Waals surface area contributed by atoms with E-state index in [1.165, 1.54) is 0 Å². The van der Waals surface area contributed by atoms with Gasteiger partial charge in [-0.3, -0.25) is 4.40 Å². The number of aromatic nitrogens is 3. The van der Waals surface area contributed by atoms with Crippen molar-refractivity contribution >= 4 is 11.6 Å². The minimum atomic E-state index is 0.433. The zero-order valence-electron chi connectivity index (χ0n) is 16.3. The number of hydrogen-bond acceptors (Lipinski definition) is 5. The second-order valence-corrected chi connectivity index (χ2v) is 6.03. The Hall–Kier alpha value is -3.13. The van der Waals surface area contributed by atoms with Gasteiger partial charge in [0.2, 0.25) is 0 Å². The van der Waals surface area contributed by atoms with Crippen molar-refractivity contribution in [1.82, 2.24) is 25.2 Å². The molecule has 2 heterocycles. The zero-order chi connectivity index (χ0) is 19.6. The van der Waals surface area contributed by atoms with E-state index in [-0.39, 0.29) is 0 Å². The molecule has 28 heavy (non-hydrogen) atoms. The third kappa shape index (κ3) is 5.20. The van der Waals surface area contributed by atoms with Gasteiger partial charge in [0.05, 0.1) is 20.3 Å². The molecule has 1 aromatic carbocycles. The Morgan fingerprint density at radius 2 is 1.96 bits per heavy atom. The van der Waals surface area contributed by atoms with Crippen molar-refractivity contribution in [3.63, 3.8) is 0 Å². The summed E-state index contributed by atoms with van der Waals surface area (Å²) in [6, 6.07) is 13.7. The zero-order valence-corrected chi connectivity index (χ0v) is 16.3. The quantitative estimate of drug-likeness (QED) is 0.335. The minimum Gasteiger partial charge on any atom is -0.496 e. The van der Waals surface area contributed by atoms with Gasteiger partial charge in [-0.05, 0) is 25.1 Å². The van der Waals surface area contributed by atoms with Crippen LogP contribution in [0.3, 0.4) is 0 Å². The number of aliphatic imine (C=N–C) groups is 1. The van der Waals surface area contributed by atoms with E-state index in [0.717, 1.165) is 35.3 Å². The van der Waals surface area contributed by atoms with Crippen LogP contribution in [-0.4, -0.2) is 47.4 Å². The van der Waals surface area contributed by atoms with Crippen LogP contribution in [0.15, 0.2) is 53.7 Å². The topological polar surface area (TPSA) is 85.1 Å². The Morgan fingerprint density at radius 3 is 2.82 bits per heavy atom. The molecule has 0 atom stereocenters. The van der Waals surface area contributed by atoms with E-state index >= 15 is 0 Å². The van der Waals surface area contributed by atoms with Gasteiger partial charge in [0.1, 0.15) is 12.3 Å². The van der Waals surface area contributed by atoms with Gasteiger partial charge in [0.15, 0.2) is 17.4 Å². The average molecular weight is 382 g/mol. The molecule has 0 unspecified atom stereocenters. The Balaban J connectivity index is 1.48. The van der Waals surface area contributed by atoms with E-state index in [4.69, 9.17) is 9.47 Å². The van der Waals surface area contributed by atoms with Crippen LogP contribution in [0.5, 0.6) is 5.75 Å². The minimum absolute atomic E-state index is 0.433. The summed E-state index contributed by atoms with van der Waals surface area (Å²) in [5, 5.41) is 14.8. The summed E-state index contributed by atoms with van der Waals surface area (Å²) in [5.41, 5.74) is 1.85. The maximum absolute atomic E-state index is 5.75. The smallest absolute Gasteiger partial charge is 0.191 e. The van der Waals surface area contributed by atoms with Crippen LogP contribution in [0.1, 0.15) is 18.3 Å². The molecule has 2 aromatic heterocycles. The van der Waals surface area contributed by atoms with E-state index in [1.807, 2.05) is 60.0 Å². The number of rotatable bonds is 9. The SMILES string of the molecule is CCNC(=NCc1nnc2ccccn12)NCCOCc1ccccc1OC. The highest BCUT2D eigenvalue weighted by Gasteiger charge is 2.05. The van der Waals surface area contributed by atoms with Crippen LogP contribution in [0.2, 0.25) is 0 Å². The van der Waals surface area contributed by atoms with E-state index in [1.54, 1.807) is 7.11 Å². The first-order chi connectivity index (χ1) is 13.8. The van der Waals surface area contributed by atoms with Crippen molar-refractivity contribution < 1.29 is 9.47 Å². The second-order valence-electron chi connectivity index (χ2n) is 6.03. The number of ether oxygens (including phenoxy) is 2. The summed E-state index contributed by atoms with van der Waals surface area (Å²) in [6.07, 6.45) is 1.94. The molecular formula is C20H26N6O2. The lowest BCUT2D eigenvalue weighted by Crippen LogP contribution is -2.39. The molecule has 3 rings (SSSR count). The van der Waals surface area contributed by atoms with Crippen LogP contribution in [0.4, 0.5) is 0 Å². The van der Waals surface area contributed by atoms with Crippen molar-refractivity contribution in [2.45, 2.75) is 20.1 Å². The van der Waals surface area contributed by atoms with Gasteiger partial charge in [-0.15, -0.1) is 10.2 Å². The van der Waals surface area contributed by atoms with Crippen LogP contribution in [-0.2, 0) is 17.9 Å². The summed E-state index contributed by atoms with van der Waals surface area (Å²) in [7, 11) is 1.66. The molecule has 0 radical (unpaired) electrons. The molecule has 2 N–H and O–H groups in total. The van der Waals surface area contributed by atoms with Crippen molar-refractivity contribution in [3.8, 4) is 5.75 Å². The van der Waals surface area contributed by atoms with Gasteiger partial charge in [0.25, 0.3) is 0 Å². The number of para-hydroxylation sites is 1. The Labute approximate surface area is 164 Å². The number of methoxy groups -OCH3 is 1. The molecule has 8 nitrogen and oxygen atoms in total. The number of nitrogens with zero attached hydrogens (tertiary/aromatic N) is 4. The largest absolute Gasteiger partial charge is 0.496 e. The van der Waals surface area contributed by atoms with Gasteiger partial charge in [-0.1, -0.05) is 24.3 Å². The van der Waals surface area contributed by atoms with Crippen LogP contribution < -0.4 is 15.4 Å². The molecule has 8 heteroatoms. The molecule has 0 saturated carbocycles. The number of benzene rings is 1. The lowest BCUT2D eigenvalue weighted by atomic mass is 10.2. The third-order valence-corrected chi connectivity index (χ3v) is 4.10. The molecule has 3 aromatic rings. The summed E-state index contributed by atoms with van der Waals surface area (Å²) in [4.78, 5) is 4.58. The van der Waals surface area contributed by atoms with Gasteiger partial charge in [-0.25, -0.2) is 4.99 Å². The maximum Gasteiger partial charge on any atom is 0.191 e. The van der Waals surface area contributed by atoms with Gasteiger partial charge in [-0.2, -0.15) is 0 Å². The number of guanidine groups is 1. The van der Waals surface area contributed by atoms with E-state index in [9.17, 15) is 0 Å². The van der Waals surface area contributed by atoms with Crippen LogP contribution in [0.25, 0.3) is 5.65 Å². The third-order valence-electron chi connectivity index (χ3n) is 4.10. The average Bonchev–Trinajstić information content (AvgIpc) is 3.15. The van der Waals surface area contributed by atoms with Crippen molar-refractivity contribution in [3.05, 3.63) is 60.0 Å². The molecule has 0 fully saturated rings. The highest BCUT2D eigenvalue weighted by molar-refractivity contribution is 5.79. The van der Waals surface area contributed by atoms with Crippen molar-refractivity contribution in [2.75, 3.05) is 26.8 Å². The summed E-state index contributed by atoms with van der Waals surface area (Å²) in [5.74, 6) is 2.35. The van der Waals surface area contributed by atoms with Crippen LogP contribution >= 0.6 is 0 Å². The maximum atomic E-state index is 5.75. The number of pyridine rings is 1. The van der Waals surface area contributed by atoms with E-state index in [2.05, 4.69) is 25.8 Å². The highest BCUT2D eigenvalue weighted by Crippen LogP contribution is 2.17. The summed E-state index contributed by atoms with van der Waals surface area (Å²) < 4.78 is 13.0. The monoisotopic (exact) mass is 382 g/mol. The number of fused-ring (bicyclic) bond motifs is 1. The lowest BCUT2D eigenvalue weighted by Gasteiger charge is -2.12. The second kappa shape index (κ2) is 10.3. The molecule has 0 bridgehead atoms. The highest BCUT2D eigenvalue weighted by atomic mass is 16.5. The normalized spacial score (nSPS) is 11.6. The van der Waals surface area contributed by atoms with E-state index in [0.29, 0.717) is 26.3 Å². The Morgan fingerprint density at radius 1 is 1.11 bits per heavy atom. The fourth-order valence-corrected chi connectivity index (χ4v) is 2.74. The summed E-state index contributed by atoms with van der Waals surface area (Å²) in [6.45, 7) is 4.93. The van der Waals surface area contributed by atoms with Gasteiger partial charge in [0, 0.05) is 24.8 Å². The molecule has 0 aliphatic rings. The number of nitrogens with one attached hydrogen (secondary N) is 2. The first-order valence-electron chi connectivity index (χ1n) is 9.32. The Kier molecular flexibility index (Phi) is 7.20. The standard InChI is InChI=1S/C20H26N6O2/c1-3-21-20(23-14-19-25-24-18-10-6-7-12-26(18)19)22-11-13-28-15-16-8-4-5-9-17(16)27-2/h4-10,12H,3,11,13-15H2,1-2H3,(H2,21,22,23). The first-order valence-corrected chi connectivity index (χ1v) is 9.32. The fraction of sp³-hybridized carbons (Fsp3) is 0.350. The van der Waals surface area contributed by atoms with Crippen molar-refractivity contribution in [2.24, 2.45) is 4.99 Å². The molecule has 148 valence electrons. The molecule has 0 aliphatic carbocycles. The number of hydrogen-bond donors (Lipinski definition) is 2. The van der Waals surface area contributed by atoms with Gasteiger partial charge < -0.3 is 20.1 Å². The molecule has 0 amide bonds. The first kappa shape index (κ1) is 19.6. The molecular weight excluding hydrogens is 356 g/mol. The predicted octanol–water partition coefficient (Wildman–Crippen LogP) is 2.01. The van der Waals surface area contributed by atoms with Crippen LogP contribution in [0, 0.1) is 0 Å². The molecule has 0 spiro atoms. The Bertz CT molecular complexity index is 908. The molecule has 0 aliphatic heterocycles. The predicted molar refractivity (Wildman–Crippen MR) is 108 cm³/mol. The lowest BCUT2D eigenvalue weighted by molar-refractivity contribution is 0.123. The van der Waals surface area contributed by atoms with Crippen molar-refractivity contribution in [1.29, 1.82) is 0 Å². The van der Waals surface area contributed by atoms with Gasteiger partial charge >= 0.3 is 0 Å². The fourth-order valence-electron chi connectivity index (χ4n) is 2.74. The summed E-state index contributed by atoms with van der Waals surface area (Å²) >= 11 is 0. The molecule has 0 saturated heterocycles. The van der Waals surface area contributed by atoms with E-state index < -0.39 is 0 Å².